The summed E-state index contributed by atoms with van der Waals surface area (Å²) in [6, 6.07) is 89.3. The van der Waals surface area contributed by atoms with Gasteiger partial charge in [0, 0.05) is 69.0 Å². The first kappa shape index (κ1) is 47.0. The normalized spacial score (nSPS) is 13.3. The van der Waals surface area contributed by atoms with E-state index in [1.807, 2.05) is 36.4 Å². The van der Waals surface area contributed by atoms with Gasteiger partial charge in [0.05, 0.1) is 44.7 Å². The molecule has 10 aromatic carbocycles. The monoisotopic (exact) mass is 1030 g/mol. The highest BCUT2D eigenvalue weighted by molar-refractivity contribution is 6.11. The molecule has 0 saturated carbocycles. The summed E-state index contributed by atoms with van der Waals surface area (Å²) in [5.41, 5.74) is 18.9. The molecule has 15 rings (SSSR count). The topological polar surface area (TPSA) is 54.0 Å². The molecule has 2 aliphatic heterocycles. The van der Waals surface area contributed by atoms with Crippen molar-refractivity contribution in [3.05, 3.63) is 267 Å². The number of pyridine rings is 1. The second kappa shape index (κ2) is 18.7. The number of anilines is 6. The van der Waals surface area contributed by atoms with Gasteiger partial charge in [-0.05, 0) is 101 Å². The molecule has 0 unspecified atom stereocenters. The van der Waals surface area contributed by atoms with E-state index < -0.39 is 0 Å². The van der Waals surface area contributed by atoms with Crippen molar-refractivity contribution in [1.82, 2.24) is 19.5 Å². The molecular weight excluding hydrogens is 975 g/mol. The van der Waals surface area contributed by atoms with Gasteiger partial charge in [0.2, 0.25) is 5.69 Å². The van der Waals surface area contributed by atoms with Crippen molar-refractivity contribution < 1.29 is 4.57 Å². The van der Waals surface area contributed by atoms with Crippen LogP contribution in [0.2, 0.25) is 0 Å². The van der Waals surface area contributed by atoms with Crippen molar-refractivity contribution in [2.75, 3.05) is 9.80 Å². The Balaban J connectivity index is 1.00. The Bertz CT molecular complexity index is 4530. The number of hydrogen-bond acceptors (Lipinski definition) is 5. The lowest BCUT2D eigenvalue weighted by atomic mass is 9.75. The van der Waals surface area contributed by atoms with Gasteiger partial charge in [-0.15, -0.1) is 0 Å². The van der Waals surface area contributed by atoms with Crippen LogP contribution in [0.25, 0.3) is 100 Å². The first-order valence-corrected chi connectivity index (χ1v) is 27.7. The van der Waals surface area contributed by atoms with Gasteiger partial charge in [-0.1, -0.05) is 184 Å². The van der Waals surface area contributed by atoms with Crippen molar-refractivity contribution in [3.8, 4) is 62.2 Å². The summed E-state index contributed by atoms with van der Waals surface area (Å²) in [7, 11) is 0. The van der Waals surface area contributed by atoms with E-state index in [2.05, 4.69) is 251 Å². The predicted molar refractivity (Wildman–Crippen MR) is 330 cm³/mol. The number of rotatable bonds is 9. The molecule has 0 N–H and O–H groups in total. The van der Waals surface area contributed by atoms with Crippen LogP contribution in [0, 0.1) is 0 Å². The van der Waals surface area contributed by atoms with Gasteiger partial charge < -0.3 is 14.4 Å². The molecule has 0 bridgehead atoms. The molecule has 7 nitrogen and oxygen atoms in total. The van der Waals surface area contributed by atoms with Crippen LogP contribution in [-0.4, -0.2) is 19.5 Å². The van der Waals surface area contributed by atoms with Crippen LogP contribution in [0.15, 0.2) is 261 Å². The summed E-state index contributed by atoms with van der Waals surface area (Å²) in [4.78, 5) is 20.5. The van der Waals surface area contributed by atoms with E-state index in [0.717, 1.165) is 91.5 Å². The SMILES string of the molecule is C=C1c2ccc(N3c4ccc(-c5nc(-c6ccccc6)nc(-c6ccccc6)n5)cc4N(c4ccccc4)c4cc(-n5c6ccccc6c6ccc(-c7ccccc7)cc65)ccc43)cc2-c2c3ccccc3cc[n+]2C1(CC)CC. The summed E-state index contributed by atoms with van der Waals surface area (Å²) >= 11 is 0. The number of allylic oxidation sites excluding steroid dienone is 1. The summed E-state index contributed by atoms with van der Waals surface area (Å²) in [6.07, 6.45) is 4.14. The number of para-hydroxylation sites is 2. The third-order valence-electron chi connectivity index (χ3n) is 16.8. The molecule has 0 fully saturated rings. The summed E-state index contributed by atoms with van der Waals surface area (Å²) in [6.45, 7) is 9.51. The molecule has 0 aliphatic carbocycles. The maximum atomic E-state index is 5.26. The van der Waals surface area contributed by atoms with Gasteiger partial charge in [-0.25, -0.2) is 15.0 Å². The van der Waals surface area contributed by atoms with Crippen molar-refractivity contribution in [1.29, 1.82) is 0 Å². The fourth-order valence-electron chi connectivity index (χ4n) is 12.8. The van der Waals surface area contributed by atoms with E-state index >= 15 is 0 Å². The fourth-order valence-corrected chi connectivity index (χ4v) is 12.8. The molecule has 0 amide bonds. The van der Waals surface area contributed by atoms with Gasteiger partial charge in [0.1, 0.15) is 0 Å². The minimum absolute atomic E-state index is 0.272. The molecule has 7 heteroatoms. The average molecular weight is 1030 g/mol. The first-order valence-electron chi connectivity index (χ1n) is 27.7. The molecule has 80 heavy (non-hydrogen) atoms. The van der Waals surface area contributed by atoms with E-state index in [-0.39, 0.29) is 5.54 Å². The molecule has 0 atom stereocenters. The summed E-state index contributed by atoms with van der Waals surface area (Å²) < 4.78 is 4.96. The minimum Gasteiger partial charge on any atom is -0.309 e. The van der Waals surface area contributed by atoms with Crippen LogP contribution < -0.4 is 14.4 Å². The van der Waals surface area contributed by atoms with E-state index in [4.69, 9.17) is 21.5 Å². The lowest BCUT2D eigenvalue weighted by Crippen LogP contribution is -2.59. The first-order chi connectivity index (χ1) is 39.5. The predicted octanol–water partition coefficient (Wildman–Crippen LogP) is 18.5. The standard InChI is InChI=1S/C73H54N7/c1-4-73(5-2)48(3)58-39-36-56(46-62(58)69-59-31-19-18-24-50(59)42-43-77(69)73)80-64-40-35-54(72-75-70(51-25-12-7-13-26-51)74-71(76-72)52-27-14-8-15-28-52)45-67(64)78(55-29-16-9-17-30-55)68-47-57(37-41-65(68)80)79-63-33-21-20-32-60(63)61-38-34-53(44-66(61)79)49-22-10-6-11-23-49/h6-47H,3-5H2,1-2H3/q+1. The van der Waals surface area contributed by atoms with Crippen LogP contribution in [0.5, 0.6) is 0 Å². The third kappa shape index (κ3) is 7.35. The second-order valence-electron chi connectivity index (χ2n) is 20.9. The van der Waals surface area contributed by atoms with Crippen molar-refractivity contribution in [3.63, 3.8) is 0 Å². The number of nitrogens with zero attached hydrogens (tertiary/aromatic N) is 7. The molecule has 0 radical (unpaired) electrons. The Morgan fingerprint density at radius 1 is 0.388 bits per heavy atom. The van der Waals surface area contributed by atoms with Crippen LogP contribution in [0.3, 0.4) is 0 Å². The zero-order chi connectivity index (χ0) is 53.5. The Labute approximate surface area is 465 Å². The number of hydrogen-bond donors (Lipinski definition) is 0. The van der Waals surface area contributed by atoms with Gasteiger partial charge in [-0.2, -0.15) is 4.57 Å². The molecular formula is C73H54N7+. The molecule has 5 heterocycles. The van der Waals surface area contributed by atoms with Crippen molar-refractivity contribution in [2.24, 2.45) is 0 Å². The Morgan fingerprint density at radius 3 is 1.61 bits per heavy atom. The quantitative estimate of drug-likeness (QED) is 0.135. The van der Waals surface area contributed by atoms with E-state index in [1.165, 1.54) is 43.9 Å². The van der Waals surface area contributed by atoms with Gasteiger partial charge >= 0.3 is 0 Å². The lowest BCUT2D eigenvalue weighted by molar-refractivity contribution is -0.740. The number of aromatic nitrogens is 5. The maximum absolute atomic E-state index is 5.26. The van der Waals surface area contributed by atoms with Gasteiger partial charge in [0.25, 0.3) is 0 Å². The Hall–Kier alpha value is -10.2. The van der Waals surface area contributed by atoms with Gasteiger partial charge in [0.15, 0.2) is 29.2 Å². The zero-order valence-electron chi connectivity index (χ0n) is 44.5. The Morgan fingerprint density at radius 2 is 0.925 bits per heavy atom. The molecule has 0 saturated heterocycles. The Kier molecular flexibility index (Phi) is 11.0. The summed E-state index contributed by atoms with van der Waals surface area (Å²) in [5.74, 6) is 1.81. The largest absolute Gasteiger partial charge is 0.309 e. The van der Waals surface area contributed by atoms with Crippen molar-refractivity contribution in [2.45, 2.75) is 32.2 Å². The van der Waals surface area contributed by atoms with E-state index in [0.29, 0.717) is 17.5 Å². The lowest BCUT2D eigenvalue weighted by Gasteiger charge is -2.41. The molecule has 3 aromatic heterocycles. The number of benzene rings is 10. The summed E-state index contributed by atoms with van der Waals surface area (Å²) in [5, 5.41) is 4.84. The van der Waals surface area contributed by atoms with Crippen LogP contribution in [0.4, 0.5) is 34.1 Å². The smallest absolute Gasteiger partial charge is 0.221 e. The van der Waals surface area contributed by atoms with Crippen LogP contribution in [-0.2, 0) is 5.54 Å². The van der Waals surface area contributed by atoms with Crippen LogP contribution in [0.1, 0.15) is 32.3 Å². The van der Waals surface area contributed by atoms with E-state index in [1.54, 1.807) is 0 Å². The average Bonchev–Trinajstić information content (AvgIpc) is 3.88. The van der Waals surface area contributed by atoms with E-state index in [9.17, 15) is 0 Å². The number of fused-ring (bicyclic) bond motifs is 10. The molecule has 0 spiro atoms. The molecule has 380 valence electrons. The highest BCUT2D eigenvalue weighted by atomic mass is 15.3. The highest BCUT2D eigenvalue weighted by Gasteiger charge is 2.48. The molecule has 13 aromatic rings. The van der Waals surface area contributed by atoms with Gasteiger partial charge in [-0.3, -0.25) is 0 Å². The van der Waals surface area contributed by atoms with Crippen molar-refractivity contribution >= 4 is 72.3 Å². The second-order valence-corrected chi connectivity index (χ2v) is 20.9. The molecule has 2 aliphatic rings. The fraction of sp³-hybridized carbons (Fsp3) is 0.0685. The third-order valence-corrected chi connectivity index (χ3v) is 16.8. The van der Waals surface area contributed by atoms with Crippen LogP contribution >= 0.6 is 0 Å². The maximum Gasteiger partial charge on any atom is 0.221 e. The highest BCUT2D eigenvalue weighted by Crippen LogP contribution is 2.57. The zero-order valence-corrected chi connectivity index (χ0v) is 44.5. The minimum atomic E-state index is -0.272.